The number of nitrogens with zero attached hydrogens (tertiary/aromatic N) is 3. The van der Waals surface area contributed by atoms with Crippen molar-refractivity contribution in [3.8, 4) is 0 Å². The van der Waals surface area contributed by atoms with E-state index in [1.165, 1.54) is 0 Å². The molecule has 1 aromatic heterocycles. The molecule has 0 radical (unpaired) electrons. The van der Waals surface area contributed by atoms with Gasteiger partial charge in [0.05, 0.1) is 6.04 Å². The van der Waals surface area contributed by atoms with E-state index >= 15 is 0 Å². The van der Waals surface area contributed by atoms with Gasteiger partial charge in [0.25, 0.3) is 5.91 Å². The Hall–Kier alpha value is -3.93. The van der Waals surface area contributed by atoms with Crippen molar-refractivity contribution in [3.63, 3.8) is 0 Å². The van der Waals surface area contributed by atoms with Gasteiger partial charge in [-0.25, -0.2) is 9.98 Å². The van der Waals surface area contributed by atoms with Gasteiger partial charge in [-0.15, -0.1) is 0 Å². The molecule has 2 N–H and O–H groups in total. The molecule has 4 rings (SSSR count). The molecule has 0 fully saturated rings. The summed E-state index contributed by atoms with van der Waals surface area (Å²) in [4.78, 5) is 21.6. The molecule has 33 heavy (non-hydrogen) atoms. The van der Waals surface area contributed by atoms with E-state index in [0.29, 0.717) is 11.5 Å². The predicted molar refractivity (Wildman–Crippen MR) is 133 cm³/mol. The van der Waals surface area contributed by atoms with Crippen molar-refractivity contribution in [3.05, 3.63) is 108 Å². The molecule has 2 heterocycles. The second-order valence-corrected chi connectivity index (χ2v) is 8.42. The topological polar surface area (TPSA) is 71.3 Å². The third kappa shape index (κ3) is 5.86. The standard InChI is InChI=1S/C27H29N5O/c1-19-7-4-10-23(15-19)27(33)30-24-11-6-9-22(17-24)21(3)29-25-16-20(2)8-5-12-26(31-25)32-14-13-28-18-32/h4-7,9-18,20-21,29H,8H2,1-3H3,(H,30,33)/b12-5+,25-16?,31-26?/t20?,21-/m0/s1. The molecule has 6 nitrogen and oxygen atoms in total. The van der Waals surface area contributed by atoms with E-state index in [0.717, 1.165) is 34.9 Å². The third-order valence-electron chi connectivity index (χ3n) is 5.51. The maximum Gasteiger partial charge on any atom is 0.255 e. The zero-order valence-electron chi connectivity index (χ0n) is 19.2. The van der Waals surface area contributed by atoms with Crippen LogP contribution in [0.4, 0.5) is 5.69 Å². The van der Waals surface area contributed by atoms with Gasteiger partial charge in [0, 0.05) is 23.6 Å². The molecule has 1 aliphatic heterocycles. The van der Waals surface area contributed by atoms with Gasteiger partial charge in [0.2, 0.25) is 0 Å². The summed E-state index contributed by atoms with van der Waals surface area (Å²) in [5.74, 6) is 1.88. The predicted octanol–water partition coefficient (Wildman–Crippen LogP) is 5.48. The van der Waals surface area contributed by atoms with Crippen LogP contribution in [-0.4, -0.2) is 21.3 Å². The molecule has 0 spiro atoms. The summed E-state index contributed by atoms with van der Waals surface area (Å²) >= 11 is 0. The van der Waals surface area contributed by atoms with Gasteiger partial charge in [-0.3, -0.25) is 9.36 Å². The molecule has 2 atom stereocenters. The molecular weight excluding hydrogens is 410 g/mol. The summed E-state index contributed by atoms with van der Waals surface area (Å²) in [7, 11) is 0. The average molecular weight is 440 g/mol. The number of aryl methyl sites for hydroxylation is 1. The van der Waals surface area contributed by atoms with Crippen molar-refractivity contribution in [1.82, 2.24) is 14.9 Å². The van der Waals surface area contributed by atoms with Gasteiger partial charge in [-0.05, 0) is 68.2 Å². The van der Waals surface area contributed by atoms with Gasteiger partial charge >= 0.3 is 0 Å². The zero-order valence-corrected chi connectivity index (χ0v) is 19.2. The maximum absolute atomic E-state index is 12.7. The van der Waals surface area contributed by atoms with Crippen molar-refractivity contribution >= 4 is 17.4 Å². The van der Waals surface area contributed by atoms with Gasteiger partial charge < -0.3 is 10.6 Å². The van der Waals surface area contributed by atoms with Crippen LogP contribution in [0.1, 0.15) is 47.8 Å². The Kier molecular flexibility index (Phi) is 6.83. The summed E-state index contributed by atoms with van der Waals surface area (Å²) in [6, 6.07) is 15.5. The second-order valence-electron chi connectivity index (χ2n) is 8.42. The lowest BCUT2D eigenvalue weighted by molar-refractivity contribution is 0.102. The fraction of sp³-hybridized carbons (Fsp3) is 0.222. The highest BCUT2D eigenvalue weighted by atomic mass is 16.1. The number of amides is 1. The number of hydrogen-bond donors (Lipinski definition) is 2. The minimum Gasteiger partial charge on any atom is -0.364 e. The molecule has 0 saturated carbocycles. The van der Waals surface area contributed by atoms with Gasteiger partial charge in [-0.2, -0.15) is 0 Å². The minimum absolute atomic E-state index is 0.00420. The van der Waals surface area contributed by atoms with E-state index in [1.807, 2.05) is 72.3 Å². The Balaban J connectivity index is 1.51. The van der Waals surface area contributed by atoms with E-state index < -0.39 is 0 Å². The van der Waals surface area contributed by atoms with Crippen LogP contribution in [0.5, 0.6) is 0 Å². The van der Waals surface area contributed by atoms with Crippen LogP contribution >= 0.6 is 0 Å². The summed E-state index contributed by atoms with van der Waals surface area (Å²) in [5, 5.41) is 6.55. The molecule has 0 aliphatic carbocycles. The first kappa shape index (κ1) is 22.3. The first-order chi connectivity index (χ1) is 16.0. The van der Waals surface area contributed by atoms with E-state index in [2.05, 4.69) is 41.6 Å². The fourth-order valence-electron chi connectivity index (χ4n) is 3.72. The quantitative estimate of drug-likeness (QED) is 0.553. The maximum atomic E-state index is 12.7. The number of carbonyl (C=O) groups is 1. The molecule has 1 unspecified atom stereocenters. The molecule has 2 aromatic carbocycles. The molecule has 0 saturated heterocycles. The molecule has 168 valence electrons. The van der Waals surface area contributed by atoms with Gasteiger partial charge in [0.15, 0.2) is 0 Å². The van der Waals surface area contributed by atoms with E-state index in [-0.39, 0.29) is 11.9 Å². The van der Waals surface area contributed by atoms with Crippen LogP contribution in [0.3, 0.4) is 0 Å². The molecule has 1 amide bonds. The smallest absolute Gasteiger partial charge is 0.255 e. The number of nitrogens with one attached hydrogen (secondary N) is 2. The number of imidazole rings is 1. The van der Waals surface area contributed by atoms with Crippen molar-refractivity contribution in [1.29, 1.82) is 0 Å². The van der Waals surface area contributed by atoms with Crippen LogP contribution in [0.25, 0.3) is 0 Å². The van der Waals surface area contributed by atoms with Crippen molar-refractivity contribution in [2.75, 3.05) is 5.32 Å². The number of benzene rings is 2. The Bertz CT molecular complexity index is 1210. The molecular formula is C27H29N5O. The molecule has 3 aromatic rings. The summed E-state index contributed by atoms with van der Waals surface area (Å²) < 4.78 is 1.90. The highest BCUT2D eigenvalue weighted by Gasteiger charge is 2.13. The Morgan fingerprint density at radius 1 is 1.18 bits per heavy atom. The summed E-state index contributed by atoms with van der Waals surface area (Å²) in [5.41, 5.74) is 3.52. The lowest BCUT2D eigenvalue weighted by Gasteiger charge is -2.19. The van der Waals surface area contributed by atoms with Crippen LogP contribution in [-0.2, 0) is 0 Å². The Morgan fingerprint density at radius 3 is 2.82 bits per heavy atom. The van der Waals surface area contributed by atoms with Crippen LogP contribution in [0.15, 0.2) is 96.3 Å². The first-order valence-corrected chi connectivity index (χ1v) is 11.2. The number of rotatable bonds is 5. The molecule has 6 heteroatoms. The highest BCUT2D eigenvalue weighted by Crippen LogP contribution is 2.21. The average Bonchev–Trinajstić information content (AvgIpc) is 3.32. The zero-order chi connectivity index (χ0) is 23.2. The monoisotopic (exact) mass is 439 g/mol. The van der Waals surface area contributed by atoms with E-state index in [4.69, 9.17) is 4.99 Å². The third-order valence-corrected chi connectivity index (χ3v) is 5.51. The van der Waals surface area contributed by atoms with Crippen LogP contribution < -0.4 is 10.6 Å². The fourth-order valence-corrected chi connectivity index (χ4v) is 3.72. The van der Waals surface area contributed by atoms with Gasteiger partial charge in [0.1, 0.15) is 18.0 Å². The lowest BCUT2D eigenvalue weighted by atomic mass is 10.0. The van der Waals surface area contributed by atoms with Crippen molar-refractivity contribution in [2.24, 2.45) is 10.9 Å². The first-order valence-electron chi connectivity index (χ1n) is 11.2. The summed E-state index contributed by atoms with van der Waals surface area (Å²) in [6.45, 7) is 6.25. The van der Waals surface area contributed by atoms with Crippen LogP contribution in [0.2, 0.25) is 0 Å². The Morgan fingerprint density at radius 2 is 2.03 bits per heavy atom. The van der Waals surface area contributed by atoms with E-state index in [9.17, 15) is 4.79 Å². The van der Waals surface area contributed by atoms with Gasteiger partial charge in [-0.1, -0.05) is 42.8 Å². The number of allylic oxidation sites excluding steroid dienone is 3. The Labute approximate surface area is 194 Å². The van der Waals surface area contributed by atoms with Crippen LogP contribution in [0, 0.1) is 12.8 Å². The summed E-state index contributed by atoms with van der Waals surface area (Å²) in [6.07, 6.45) is 12.6. The number of anilines is 1. The number of carbonyl (C=O) groups excluding carboxylic acids is 1. The normalized spacial score (nSPS) is 17.7. The van der Waals surface area contributed by atoms with Crippen molar-refractivity contribution < 1.29 is 4.79 Å². The highest BCUT2D eigenvalue weighted by molar-refractivity contribution is 6.04. The van der Waals surface area contributed by atoms with Crippen molar-refractivity contribution in [2.45, 2.75) is 33.2 Å². The SMILES string of the molecule is Cc1cccc(C(=O)Nc2cccc([C@H](C)NC3=CC(C)C/C=C/C(n4ccnc4)=N3)c2)c1. The number of aliphatic imine (C=N–C) groups is 1. The molecule has 1 aliphatic rings. The second kappa shape index (κ2) is 10.1. The number of aromatic nitrogens is 2. The minimum atomic E-state index is -0.116. The lowest BCUT2D eigenvalue weighted by Crippen LogP contribution is -2.21. The van der Waals surface area contributed by atoms with E-state index in [1.54, 1.807) is 12.5 Å². The number of hydrogen-bond acceptors (Lipinski definition) is 4. The largest absolute Gasteiger partial charge is 0.364 e. The molecule has 0 bridgehead atoms.